The standard InChI is InChI=1S/C13H15NO2/c15-13(11-5-2-1-3-6-11)10-14-9-12-7-4-8-16-12/h1-8,13-15H,9-10H2/p+1/t13-/m0/s1. The largest absolute Gasteiger partial charge is 0.463 e. The molecule has 3 N–H and O–H groups in total. The van der Waals surface area contributed by atoms with Gasteiger partial charge in [-0.05, 0) is 17.7 Å². The Morgan fingerprint density at radius 2 is 1.94 bits per heavy atom. The predicted molar refractivity (Wildman–Crippen MR) is 60.6 cm³/mol. The second kappa shape index (κ2) is 5.49. The molecule has 0 unspecified atom stereocenters. The Labute approximate surface area is 94.7 Å². The third kappa shape index (κ3) is 2.95. The Kier molecular flexibility index (Phi) is 3.75. The molecule has 0 aliphatic carbocycles. The minimum absolute atomic E-state index is 0.420. The highest BCUT2D eigenvalue weighted by molar-refractivity contribution is 5.16. The lowest BCUT2D eigenvalue weighted by Gasteiger charge is -2.08. The van der Waals surface area contributed by atoms with E-state index in [0.717, 1.165) is 17.9 Å². The van der Waals surface area contributed by atoms with Gasteiger partial charge in [-0.1, -0.05) is 30.3 Å². The normalized spacial score (nSPS) is 12.6. The summed E-state index contributed by atoms with van der Waals surface area (Å²) in [4.78, 5) is 0. The first-order valence-corrected chi connectivity index (χ1v) is 5.43. The summed E-state index contributed by atoms with van der Waals surface area (Å²) in [5.74, 6) is 0.931. The van der Waals surface area contributed by atoms with E-state index in [1.54, 1.807) is 6.26 Å². The average molecular weight is 218 g/mol. The second-order valence-corrected chi connectivity index (χ2v) is 3.73. The first-order chi connectivity index (χ1) is 7.86. The summed E-state index contributed by atoms with van der Waals surface area (Å²) in [5.41, 5.74) is 0.957. The fourth-order valence-corrected chi connectivity index (χ4v) is 1.62. The fourth-order valence-electron chi connectivity index (χ4n) is 1.62. The number of aliphatic hydroxyl groups excluding tert-OH is 1. The summed E-state index contributed by atoms with van der Waals surface area (Å²) in [6.45, 7) is 1.40. The molecule has 0 saturated heterocycles. The van der Waals surface area contributed by atoms with Crippen LogP contribution >= 0.6 is 0 Å². The summed E-state index contributed by atoms with van der Waals surface area (Å²) in [5, 5.41) is 11.9. The van der Waals surface area contributed by atoms with Gasteiger partial charge in [-0.2, -0.15) is 0 Å². The van der Waals surface area contributed by atoms with E-state index >= 15 is 0 Å². The van der Waals surface area contributed by atoms with Crippen LogP contribution in [0.4, 0.5) is 0 Å². The quantitative estimate of drug-likeness (QED) is 0.789. The molecule has 0 fully saturated rings. The van der Waals surface area contributed by atoms with Crippen molar-refractivity contribution in [3.8, 4) is 0 Å². The highest BCUT2D eigenvalue weighted by Gasteiger charge is 2.08. The van der Waals surface area contributed by atoms with Gasteiger partial charge >= 0.3 is 0 Å². The predicted octanol–water partition coefficient (Wildman–Crippen LogP) is 1.08. The van der Waals surface area contributed by atoms with Crippen molar-refractivity contribution < 1.29 is 14.8 Å². The zero-order valence-electron chi connectivity index (χ0n) is 9.04. The molecule has 0 amide bonds. The van der Waals surface area contributed by atoms with E-state index in [2.05, 4.69) is 0 Å². The minimum atomic E-state index is -0.420. The average Bonchev–Trinajstić information content (AvgIpc) is 2.83. The van der Waals surface area contributed by atoms with E-state index in [-0.39, 0.29) is 0 Å². The highest BCUT2D eigenvalue weighted by Crippen LogP contribution is 2.09. The lowest BCUT2D eigenvalue weighted by atomic mass is 10.1. The van der Waals surface area contributed by atoms with Gasteiger partial charge in [0.1, 0.15) is 19.2 Å². The van der Waals surface area contributed by atoms with Crippen LogP contribution in [-0.4, -0.2) is 11.7 Å². The molecule has 16 heavy (non-hydrogen) atoms. The Balaban J connectivity index is 1.78. The zero-order valence-corrected chi connectivity index (χ0v) is 9.04. The molecular formula is C13H16NO2+. The second-order valence-electron chi connectivity index (χ2n) is 3.73. The molecule has 2 rings (SSSR count). The fraction of sp³-hybridized carbons (Fsp3) is 0.231. The third-order valence-corrected chi connectivity index (χ3v) is 2.50. The number of benzene rings is 1. The number of quaternary nitrogens is 1. The van der Waals surface area contributed by atoms with Crippen molar-refractivity contribution in [3.05, 3.63) is 60.1 Å². The molecule has 1 atom stereocenters. The number of rotatable bonds is 5. The summed E-state index contributed by atoms with van der Waals surface area (Å²) < 4.78 is 5.21. The van der Waals surface area contributed by atoms with Gasteiger partial charge in [-0.3, -0.25) is 0 Å². The molecule has 0 aliphatic rings. The van der Waals surface area contributed by atoms with Gasteiger partial charge in [0.15, 0.2) is 5.76 Å². The van der Waals surface area contributed by atoms with Gasteiger partial charge < -0.3 is 14.8 Å². The lowest BCUT2D eigenvalue weighted by Crippen LogP contribution is -2.83. The number of furan rings is 1. The van der Waals surface area contributed by atoms with Gasteiger partial charge in [0.05, 0.1) is 6.26 Å². The van der Waals surface area contributed by atoms with Gasteiger partial charge in [-0.25, -0.2) is 0 Å². The smallest absolute Gasteiger partial charge is 0.157 e. The molecular weight excluding hydrogens is 202 g/mol. The van der Waals surface area contributed by atoms with Crippen molar-refractivity contribution in [2.24, 2.45) is 0 Å². The van der Waals surface area contributed by atoms with Crippen LogP contribution < -0.4 is 5.32 Å². The Hall–Kier alpha value is -1.58. The van der Waals surface area contributed by atoms with Crippen molar-refractivity contribution in [1.82, 2.24) is 0 Å². The van der Waals surface area contributed by atoms with E-state index in [1.165, 1.54) is 0 Å². The van der Waals surface area contributed by atoms with Crippen LogP contribution in [0.3, 0.4) is 0 Å². The molecule has 2 aromatic rings. The van der Waals surface area contributed by atoms with E-state index in [4.69, 9.17) is 4.42 Å². The molecule has 84 valence electrons. The molecule has 0 bridgehead atoms. The van der Waals surface area contributed by atoms with Crippen molar-refractivity contribution in [3.63, 3.8) is 0 Å². The maximum Gasteiger partial charge on any atom is 0.157 e. The first kappa shape index (κ1) is 10.9. The summed E-state index contributed by atoms with van der Waals surface area (Å²) in [6.07, 6.45) is 1.24. The molecule has 0 saturated carbocycles. The molecule has 3 heteroatoms. The van der Waals surface area contributed by atoms with E-state index in [0.29, 0.717) is 6.54 Å². The molecule has 0 spiro atoms. The van der Waals surface area contributed by atoms with Gasteiger partial charge in [0, 0.05) is 0 Å². The number of hydrogen-bond acceptors (Lipinski definition) is 2. The highest BCUT2D eigenvalue weighted by atomic mass is 16.3. The van der Waals surface area contributed by atoms with Crippen LogP contribution in [0.1, 0.15) is 17.4 Å². The van der Waals surface area contributed by atoms with Crippen LogP contribution in [0.15, 0.2) is 53.1 Å². The first-order valence-electron chi connectivity index (χ1n) is 5.43. The zero-order chi connectivity index (χ0) is 11.2. The molecule has 1 heterocycles. The monoisotopic (exact) mass is 218 g/mol. The Morgan fingerprint density at radius 1 is 1.12 bits per heavy atom. The van der Waals surface area contributed by atoms with Crippen LogP contribution in [0.2, 0.25) is 0 Å². The van der Waals surface area contributed by atoms with Gasteiger partial charge in [0.2, 0.25) is 0 Å². The van der Waals surface area contributed by atoms with E-state index in [1.807, 2.05) is 47.8 Å². The molecule has 0 radical (unpaired) electrons. The number of hydrogen-bond donors (Lipinski definition) is 2. The number of nitrogens with two attached hydrogens (primary N) is 1. The lowest BCUT2D eigenvalue weighted by molar-refractivity contribution is -0.679. The summed E-state index contributed by atoms with van der Waals surface area (Å²) >= 11 is 0. The van der Waals surface area contributed by atoms with E-state index in [9.17, 15) is 5.11 Å². The van der Waals surface area contributed by atoms with Crippen LogP contribution in [-0.2, 0) is 6.54 Å². The molecule has 3 nitrogen and oxygen atoms in total. The van der Waals surface area contributed by atoms with Crippen molar-refractivity contribution in [1.29, 1.82) is 0 Å². The molecule has 1 aromatic carbocycles. The third-order valence-electron chi connectivity index (χ3n) is 2.50. The Morgan fingerprint density at radius 3 is 2.62 bits per heavy atom. The number of aliphatic hydroxyl groups is 1. The van der Waals surface area contributed by atoms with Crippen molar-refractivity contribution in [2.75, 3.05) is 6.54 Å². The van der Waals surface area contributed by atoms with Crippen LogP contribution in [0.25, 0.3) is 0 Å². The van der Waals surface area contributed by atoms with Gasteiger partial charge in [0.25, 0.3) is 0 Å². The minimum Gasteiger partial charge on any atom is -0.463 e. The van der Waals surface area contributed by atoms with Crippen LogP contribution in [0, 0.1) is 0 Å². The Bertz CT molecular complexity index is 397. The molecule has 1 aromatic heterocycles. The summed E-state index contributed by atoms with van der Waals surface area (Å²) in [7, 11) is 0. The van der Waals surface area contributed by atoms with Gasteiger partial charge in [-0.15, -0.1) is 0 Å². The van der Waals surface area contributed by atoms with Crippen LogP contribution in [0.5, 0.6) is 0 Å². The SMILES string of the molecule is O[C@@H](C[NH2+]Cc1ccco1)c1ccccc1. The maximum atomic E-state index is 9.89. The maximum absolute atomic E-state index is 9.89. The molecule has 0 aliphatic heterocycles. The summed E-state index contributed by atoms with van der Waals surface area (Å²) in [6, 6.07) is 13.5. The van der Waals surface area contributed by atoms with E-state index < -0.39 is 6.10 Å². The van der Waals surface area contributed by atoms with Crippen molar-refractivity contribution in [2.45, 2.75) is 12.6 Å². The topological polar surface area (TPSA) is 50.0 Å². The van der Waals surface area contributed by atoms with Crippen molar-refractivity contribution >= 4 is 0 Å².